The molecule has 0 bridgehead atoms. The van der Waals surface area contributed by atoms with Gasteiger partial charge in [0, 0.05) is 12.0 Å². The molecule has 0 aliphatic carbocycles. The SMILES string of the molecule is COc1ccc([C@@H]2CC(c3cccc(OC)c3)=NN2C(=O)c2ccc(Br)o2)cc1. The van der Waals surface area contributed by atoms with Gasteiger partial charge < -0.3 is 13.9 Å². The van der Waals surface area contributed by atoms with Gasteiger partial charge in [-0.1, -0.05) is 24.3 Å². The maximum atomic E-state index is 13.1. The molecule has 0 fully saturated rings. The van der Waals surface area contributed by atoms with E-state index in [0.29, 0.717) is 11.1 Å². The third-order valence-corrected chi connectivity index (χ3v) is 5.23. The maximum absolute atomic E-state index is 13.1. The topological polar surface area (TPSA) is 64.3 Å². The highest BCUT2D eigenvalue weighted by Crippen LogP contribution is 2.35. The average Bonchev–Trinajstić information content (AvgIpc) is 3.40. The van der Waals surface area contributed by atoms with Gasteiger partial charge in [0.05, 0.1) is 26.0 Å². The zero-order valence-corrected chi connectivity index (χ0v) is 17.5. The van der Waals surface area contributed by atoms with Crippen molar-refractivity contribution in [3.05, 3.63) is 82.2 Å². The number of carbonyl (C=O) groups excluding carboxylic acids is 1. The second-order valence-electron chi connectivity index (χ2n) is 6.53. The Morgan fingerprint density at radius 3 is 2.48 bits per heavy atom. The van der Waals surface area contributed by atoms with E-state index in [1.54, 1.807) is 26.4 Å². The number of carbonyl (C=O) groups is 1. The molecule has 1 atom stereocenters. The van der Waals surface area contributed by atoms with Crippen molar-refractivity contribution in [1.29, 1.82) is 0 Å². The molecule has 29 heavy (non-hydrogen) atoms. The molecular weight excluding hydrogens is 436 g/mol. The molecule has 0 N–H and O–H groups in total. The molecule has 1 amide bonds. The van der Waals surface area contributed by atoms with Crippen LogP contribution in [0.4, 0.5) is 0 Å². The first-order valence-electron chi connectivity index (χ1n) is 9.04. The van der Waals surface area contributed by atoms with E-state index in [1.807, 2.05) is 48.5 Å². The van der Waals surface area contributed by atoms with E-state index in [-0.39, 0.29) is 17.7 Å². The maximum Gasteiger partial charge on any atom is 0.310 e. The van der Waals surface area contributed by atoms with Crippen molar-refractivity contribution >= 4 is 27.5 Å². The summed E-state index contributed by atoms with van der Waals surface area (Å²) in [4.78, 5) is 13.1. The number of ether oxygens (including phenoxy) is 2. The molecule has 2 heterocycles. The number of nitrogens with zero attached hydrogens (tertiary/aromatic N) is 2. The fraction of sp³-hybridized carbons (Fsp3) is 0.182. The Kier molecular flexibility index (Phi) is 5.40. The highest BCUT2D eigenvalue weighted by Gasteiger charge is 2.35. The summed E-state index contributed by atoms with van der Waals surface area (Å²) in [7, 11) is 3.25. The fourth-order valence-corrected chi connectivity index (χ4v) is 3.61. The van der Waals surface area contributed by atoms with Gasteiger partial charge in [-0.05, 0) is 57.9 Å². The van der Waals surface area contributed by atoms with Gasteiger partial charge in [-0.25, -0.2) is 5.01 Å². The molecule has 1 aromatic heterocycles. The number of hydrogen-bond acceptors (Lipinski definition) is 5. The molecule has 0 radical (unpaired) electrons. The quantitative estimate of drug-likeness (QED) is 0.540. The van der Waals surface area contributed by atoms with Crippen molar-refractivity contribution in [1.82, 2.24) is 5.01 Å². The zero-order valence-electron chi connectivity index (χ0n) is 16.0. The fourth-order valence-electron chi connectivity index (χ4n) is 3.30. The minimum atomic E-state index is -0.297. The van der Waals surface area contributed by atoms with Crippen LogP contribution in [0.2, 0.25) is 0 Å². The summed E-state index contributed by atoms with van der Waals surface area (Å²) in [5, 5.41) is 6.15. The molecule has 0 saturated carbocycles. The van der Waals surface area contributed by atoms with Gasteiger partial charge >= 0.3 is 5.91 Å². The van der Waals surface area contributed by atoms with Crippen LogP contribution in [-0.4, -0.2) is 30.8 Å². The molecule has 7 heteroatoms. The number of methoxy groups -OCH3 is 2. The number of halogens is 1. The molecule has 1 aliphatic heterocycles. The van der Waals surface area contributed by atoms with Crippen molar-refractivity contribution in [2.75, 3.05) is 14.2 Å². The van der Waals surface area contributed by atoms with Gasteiger partial charge in [0.1, 0.15) is 11.5 Å². The third kappa shape index (κ3) is 3.91. The lowest BCUT2D eigenvalue weighted by molar-refractivity contribution is 0.0677. The Labute approximate surface area is 176 Å². The Balaban J connectivity index is 1.71. The summed E-state index contributed by atoms with van der Waals surface area (Å²) in [5.74, 6) is 1.43. The first kappa shape index (κ1) is 19.3. The lowest BCUT2D eigenvalue weighted by Gasteiger charge is -2.21. The molecule has 6 nitrogen and oxygen atoms in total. The molecule has 1 aliphatic rings. The number of amides is 1. The van der Waals surface area contributed by atoms with Crippen molar-refractivity contribution in [3.8, 4) is 11.5 Å². The van der Waals surface area contributed by atoms with Gasteiger partial charge in [0.25, 0.3) is 0 Å². The Bertz CT molecular complexity index is 1060. The largest absolute Gasteiger partial charge is 0.497 e. The predicted octanol–water partition coefficient (Wildman–Crippen LogP) is 5.05. The lowest BCUT2D eigenvalue weighted by Crippen LogP contribution is -2.26. The summed E-state index contributed by atoms with van der Waals surface area (Å²) in [6, 6.07) is 18.4. The minimum Gasteiger partial charge on any atom is -0.497 e. The molecule has 0 saturated heterocycles. The van der Waals surface area contributed by atoms with E-state index in [4.69, 9.17) is 13.9 Å². The first-order chi connectivity index (χ1) is 14.1. The van der Waals surface area contributed by atoms with E-state index >= 15 is 0 Å². The average molecular weight is 455 g/mol. The van der Waals surface area contributed by atoms with Crippen LogP contribution in [0.5, 0.6) is 11.5 Å². The molecule has 0 spiro atoms. The number of hydrazone groups is 1. The molecular formula is C22H19BrN2O4. The van der Waals surface area contributed by atoms with Crippen molar-refractivity contribution in [2.45, 2.75) is 12.5 Å². The van der Waals surface area contributed by atoms with E-state index in [9.17, 15) is 4.79 Å². The van der Waals surface area contributed by atoms with Crippen LogP contribution in [0.3, 0.4) is 0 Å². The second kappa shape index (κ2) is 8.13. The van der Waals surface area contributed by atoms with Crippen LogP contribution in [0.15, 0.2) is 74.9 Å². The monoisotopic (exact) mass is 454 g/mol. The third-order valence-electron chi connectivity index (χ3n) is 4.81. The number of benzene rings is 2. The summed E-state index contributed by atoms with van der Waals surface area (Å²) in [6.07, 6.45) is 0.577. The normalized spacial score (nSPS) is 15.9. The van der Waals surface area contributed by atoms with Gasteiger partial charge in [-0.15, -0.1) is 0 Å². The van der Waals surface area contributed by atoms with Gasteiger partial charge in [0.15, 0.2) is 10.4 Å². The highest BCUT2D eigenvalue weighted by atomic mass is 79.9. The van der Waals surface area contributed by atoms with Crippen LogP contribution < -0.4 is 9.47 Å². The first-order valence-corrected chi connectivity index (χ1v) is 9.83. The number of hydrogen-bond donors (Lipinski definition) is 0. The van der Waals surface area contributed by atoms with E-state index < -0.39 is 0 Å². The summed E-state index contributed by atoms with van der Waals surface area (Å²) in [6.45, 7) is 0. The van der Waals surface area contributed by atoms with Crippen LogP contribution in [0.1, 0.15) is 34.1 Å². The Morgan fingerprint density at radius 1 is 1.07 bits per heavy atom. The molecule has 148 valence electrons. The zero-order chi connectivity index (χ0) is 20.4. The summed E-state index contributed by atoms with van der Waals surface area (Å²) in [5.41, 5.74) is 2.69. The smallest absolute Gasteiger partial charge is 0.310 e. The van der Waals surface area contributed by atoms with E-state index in [0.717, 1.165) is 28.3 Å². The minimum absolute atomic E-state index is 0.228. The van der Waals surface area contributed by atoms with Gasteiger partial charge in [-0.2, -0.15) is 5.10 Å². The van der Waals surface area contributed by atoms with Crippen molar-refractivity contribution in [2.24, 2.45) is 5.10 Å². The standard InChI is InChI=1S/C22H19BrN2O4/c1-27-16-8-6-14(7-9-16)19-13-18(15-4-3-5-17(12-15)28-2)24-25(19)22(26)20-10-11-21(23)29-20/h3-12,19H,13H2,1-2H3/t19-/m0/s1. The second-order valence-corrected chi connectivity index (χ2v) is 7.31. The predicted molar refractivity (Wildman–Crippen MR) is 112 cm³/mol. The molecule has 0 unspecified atom stereocenters. The molecule has 4 rings (SSSR count). The van der Waals surface area contributed by atoms with E-state index in [1.165, 1.54) is 5.01 Å². The Hall–Kier alpha value is -3.06. The van der Waals surface area contributed by atoms with Crippen molar-refractivity contribution < 1.29 is 18.7 Å². The van der Waals surface area contributed by atoms with Crippen LogP contribution in [0, 0.1) is 0 Å². The number of furan rings is 1. The van der Waals surface area contributed by atoms with Crippen LogP contribution in [-0.2, 0) is 0 Å². The van der Waals surface area contributed by atoms with Crippen LogP contribution >= 0.6 is 15.9 Å². The van der Waals surface area contributed by atoms with E-state index in [2.05, 4.69) is 21.0 Å². The van der Waals surface area contributed by atoms with Gasteiger partial charge in [-0.3, -0.25) is 4.79 Å². The van der Waals surface area contributed by atoms with Gasteiger partial charge in [0.2, 0.25) is 0 Å². The molecule has 2 aromatic carbocycles. The molecule has 3 aromatic rings. The number of rotatable bonds is 5. The highest BCUT2D eigenvalue weighted by molar-refractivity contribution is 9.10. The van der Waals surface area contributed by atoms with Crippen LogP contribution in [0.25, 0.3) is 0 Å². The summed E-state index contributed by atoms with van der Waals surface area (Å²) < 4.78 is 16.5. The summed E-state index contributed by atoms with van der Waals surface area (Å²) >= 11 is 3.25. The van der Waals surface area contributed by atoms with Crippen molar-refractivity contribution in [3.63, 3.8) is 0 Å². The Morgan fingerprint density at radius 2 is 1.83 bits per heavy atom. The lowest BCUT2D eigenvalue weighted by atomic mass is 9.98.